The molecule has 3 N–H and O–H groups in total. The molecular weight excluding hydrogens is 404 g/mol. The van der Waals surface area contributed by atoms with Crippen LogP contribution in [0.2, 0.25) is 0 Å². The van der Waals surface area contributed by atoms with Crippen LogP contribution in [0.15, 0.2) is 47.4 Å². The Balaban J connectivity index is 1.65. The second kappa shape index (κ2) is 8.26. The Bertz CT molecular complexity index is 1050. The van der Waals surface area contributed by atoms with E-state index < -0.39 is 38.4 Å². The predicted molar refractivity (Wildman–Crippen MR) is 101 cm³/mol. The van der Waals surface area contributed by atoms with Crippen molar-refractivity contribution in [2.75, 3.05) is 18.4 Å². The Kier molecular flexibility index (Phi) is 5.94. The molecule has 1 fully saturated rings. The minimum absolute atomic E-state index is 0.0602. The summed E-state index contributed by atoms with van der Waals surface area (Å²) in [5, 5.41) is 2.59. The number of hydrogen-bond donors (Lipinski definition) is 2. The minimum atomic E-state index is -3.99. The van der Waals surface area contributed by atoms with Crippen LogP contribution in [0.3, 0.4) is 0 Å². The van der Waals surface area contributed by atoms with Crippen molar-refractivity contribution >= 4 is 27.5 Å². The highest BCUT2D eigenvalue weighted by molar-refractivity contribution is 7.89. The molecule has 0 saturated carbocycles. The molecule has 2 aromatic carbocycles. The van der Waals surface area contributed by atoms with Gasteiger partial charge in [-0.05, 0) is 43.2 Å². The van der Waals surface area contributed by atoms with E-state index in [1.165, 1.54) is 24.3 Å². The second-order valence-electron chi connectivity index (χ2n) is 6.66. The van der Waals surface area contributed by atoms with Crippen molar-refractivity contribution in [3.63, 3.8) is 0 Å². The van der Waals surface area contributed by atoms with Gasteiger partial charge in [0.2, 0.25) is 15.9 Å². The van der Waals surface area contributed by atoms with Crippen molar-refractivity contribution in [2.24, 2.45) is 11.7 Å². The number of nitrogens with one attached hydrogen (secondary N) is 1. The zero-order valence-corrected chi connectivity index (χ0v) is 16.1. The quantitative estimate of drug-likeness (QED) is 0.767. The van der Waals surface area contributed by atoms with Gasteiger partial charge in [0, 0.05) is 24.7 Å². The lowest BCUT2D eigenvalue weighted by atomic mass is 9.97. The summed E-state index contributed by atoms with van der Waals surface area (Å²) in [7, 11) is -3.99. The number of rotatable bonds is 5. The molecule has 1 saturated heterocycles. The third kappa shape index (κ3) is 4.43. The van der Waals surface area contributed by atoms with Crippen LogP contribution in [-0.4, -0.2) is 37.6 Å². The summed E-state index contributed by atoms with van der Waals surface area (Å²) in [5.74, 6) is -3.43. The number of carbonyl (C=O) groups is 2. The molecule has 29 heavy (non-hydrogen) atoms. The van der Waals surface area contributed by atoms with Crippen LogP contribution in [0.5, 0.6) is 0 Å². The number of amides is 2. The molecule has 2 amide bonds. The third-order valence-corrected chi connectivity index (χ3v) is 6.71. The number of anilines is 1. The van der Waals surface area contributed by atoms with Crippen LogP contribution >= 0.6 is 0 Å². The largest absolute Gasteiger partial charge is 0.366 e. The van der Waals surface area contributed by atoms with Crippen molar-refractivity contribution in [3.05, 3.63) is 59.7 Å². The van der Waals surface area contributed by atoms with Gasteiger partial charge in [-0.15, -0.1) is 0 Å². The van der Waals surface area contributed by atoms with Crippen LogP contribution in [0, 0.1) is 17.6 Å². The molecular formula is C19H19F2N3O4S. The number of nitrogens with zero attached hydrogens (tertiary/aromatic N) is 1. The number of carbonyl (C=O) groups excluding carboxylic acids is 2. The maximum atomic E-state index is 13.9. The summed E-state index contributed by atoms with van der Waals surface area (Å²) in [5.41, 5.74) is 4.97. The first-order chi connectivity index (χ1) is 13.7. The summed E-state index contributed by atoms with van der Waals surface area (Å²) in [6, 6.07) is 8.61. The maximum absolute atomic E-state index is 13.9. The Morgan fingerprint density at radius 1 is 1.03 bits per heavy atom. The Hall–Kier alpha value is -2.85. The molecule has 1 heterocycles. The summed E-state index contributed by atoms with van der Waals surface area (Å²) in [6.07, 6.45) is 0.479. The van der Waals surface area contributed by atoms with Crippen LogP contribution in [0.4, 0.5) is 14.5 Å². The average molecular weight is 423 g/mol. The van der Waals surface area contributed by atoms with Gasteiger partial charge in [-0.1, -0.05) is 12.1 Å². The van der Waals surface area contributed by atoms with Crippen LogP contribution in [-0.2, 0) is 14.8 Å². The Morgan fingerprint density at radius 3 is 2.31 bits per heavy atom. The van der Waals surface area contributed by atoms with Gasteiger partial charge in [0.05, 0.1) is 5.56 Å². The van der Waals surface area contributed by atoms with Gasteiger partial charge in [-0.2, -0.15) is 4.31 Å². The smallest absolute Gasteiger partial charge is 0.251 e. The monoisotopic (exact) mass is 423 g/mol. The standard InChI is InChI=1S/C19H19F2N3O4S/c20-15-6-5-13(11-14(15)18(22)25)23-19(26)12-7-9-24(10-8-12)29(27,28)17-4-2-1-3-16(17)21/h1-6,11-12H,7-10H2,(H2,22,25)(H,23,26). The van der Waals surface area contributed by atoms with E-state index in [1.54, 1.807) is 0 Å². The van der Waals surface area contributed by atoms with E-state index >= 15 is 0 Å². The highest BCUT2D eigenvalue weighted by atomic mass is 32.2. The van der Waals surface area contributed by atoms with E-state index in [4.69, 9.17) is 5.73 Å². The number of halogens is 2. The summed E-state index contributed by atoms with van der Waals surface area (Å²) in [4.78, 5) is 23.3. The van der Waals surface area contributed by atoms with E-state index in [9.17, 15) is 26.8 Å². The van der Waals surface area contributed by atoms with E-state index in [0.29, 0.717) is 0 Å². The molecule has 154 valence electrons. The summed E-state index contributed by atoms with van der Waals surface area (Å²) in [6.45, 7) is 0.120. The van der Waals surface area contributed by atoms with E-state index in [0.717, 1.165) is 22.5 Å². The molecule has 7 nitrogen and oxygen atoms in total. The number of sulfonamides is 1. The molecule has 2 aromatic rings. The van der Waals surface area contributed by atoms with Gasteiger partial charge in [0.25, 0.3) is 5.91 Å². The highest BCUT2D eigenvalue weighted by Gasteiger charge is 2.33. The first-order valence-electron chi connectivity index (χ1n) is 8.85. The first kappa shape index (κ1) is 20.9. The van der Waals surface area contributed by atoms with Gasteiger partial charge >= 0.3 is 0 Å². The number of hydrogen-bond acceptors (Lipinski definition) is 4. The van der Waals surface area contributed by atoms with E-state index in [-0.39, 0.29) is 43.1 Å². The van der Waals surface area contributed by atoms with Crippen LogP contribution in [0.25, 0.3) is 0 Å². The normalized spacial score (nSPS) is 15.8. The zero-order valence-electron chi connectivity index (χ0n) is 15.3. The van der Waals surface area contributed by atoms with Gasteiger partial charge < -0.3 is 11.1 Å². The molecule has 1 aliphatic rings. The lowest BCUT2D eigenvalue weighted by molar-refractivity contribution is -0.120. The predicted octanol–water partition coefficient (Wildman–Crippen LogP) is 2.10. The molecule has 0 spiro atoms. The number of piperidine rings is 1. The fourth-order valence-electron chi connectivity index (χ4n) is 3.19. The molecule has 10 heteroatoms. The van der Waals surface area contributed by atoms with Gasteiger partial charge in [0.1, 0.15) is 16.5 Å². The topological polar surface area (TPSA) is 110 Å². The molecule has 0 atom stereocenters. The molecule has 0 bridgehead atoms. The Morgan fingerprint density at radius 2 is 1.69 bits per heavy atom. The highest BCUT2D eigenvalue weighted by Crippen LogP contribution is 2.26. The van der Waals surface area contributed by atoms with Crippen molar-refractivity contribution in [1.82, 2.24) is 4.31 Å². The van der Waals surface area contributed by atoms with Crippen LogP contribution < -0.4 is 11.1 Å². The molecule has 0 radical (unpaired) electrons. The lowest BCUT2D eigenvalue weighted by Gasteiger charge is -2.30. The maximum Gasteiger partial charge on any atom is 0.251 e. The number of primary amides is 1. The van der Waals surface area contributed by atoms with Gasteiger partial charge in [-0.25, -0.2) is 17.2 Å². The fraction of sp³-hybridized carbons (Fsp3) is 0.263. The Labute approximate surface area is 166 Å². The molecule has 3 rings (SSSR count). The van der Waals surface area contributed by atoms with Gasteiger partial charge in [0.15, 0.2) is 0 Å². The molecule has 0 aliphatic carbocycles. The second-order valence-corrected chi connectivity index (χ2v) is 8.56. The van der Waals surface area contributed by atoms with Crippen LogP contribution in [0.1, 0.15) is 23.2 Å². The summed E-state index contributed by atoms with van der Waals surface area (Å²) >= 11 is 0. The molecule has 0 unspecified atom stereocenters. The fourth-order valence-corrected chi connectivity index (χ4v) is 4.72. The average Bonchev–Trinajstić information content (AvgIpc) is 2.69. The lowest BCUT2D eigenvalue weighted by Crippen LogP contribution is -2.41. The van der Waals surface area contributed by atoms with Gasteiger partial charge in [-0.3, -0.25) is 9.59 Å². The van der Waals surface area contributed by atoms with Crippen molar-refractivity contribution in [3.8, 4) is 0 Å². The summed E-state index contributed by atoms with van der Waals surface area (Å²) < 4.78 is 53.8. The SMILES string of the molecule is NC(=O)c1cc(NC(=O)C2CCN(S(=O)(=O)c3ccccc3F)CC2)ccc1F. The number of benzene rings is 2. The minimum Gasteiger partial charge on any atom is -0.366 e. The number of nitrogens with two attached hydrogens (primary N) is 1. The van der Waals surface area contributed by atoms with Crippen molar-refractivity contribution in [2.45, 2.75) is 17.7 Å². The molecule has 0 aromatic heterocycles. The molecule has 1 aliphatic heterocycles. The van der Waals surface area contributed by atoms with Crippen molar-refractivity contribution < 1.29 is 26.8 Å². The van der Waals surface area contributed by atoms with E-state index in [2.05, 4.69) is 5.32 Å². The van der Waals surface area contributed by atoms with Crippen molar-refractivity contribution in [1.29, 1.82) is 0 Å². The third-order valence-electron chi connectivity index (χ3n) is 4.78. The zero-order chi connectivity index (χ0) is 21.2. The van der Waals surface area contributed by atoms with E-state index in [1.807, 2.05) is 0 Å². The first-order valence-corrected chi connectivity index (χ1v) is 10.3.